The number of aliphatic hydroxyl groups excluding tert-OH is 2. The highest BCUT2D eigenvalue weighted by Crippen LogP contribution is 2.17. The van der Waals surface area contributed by atoms with Crippen LogP contribution in [0.3, 0.4) is 0 Å². The molecular weight excluding hydrogens is 460 g/mol. The largest absolute Gasteiger partial charge is 0.444 e. The number of aliphatic hydroxyl groups is 2. The maximum absolute atomic E-state index is 12.6. The van der Waals surface area contributed by atoms with Crippen molar-refractivity contribution in [3.63, 3.8) is 0 Å². The molecule has 0 saturated heterocycles. The van der Waals surface area contributed by atoms with Crippen molar-refractivity contribution in [2.75, 3.05) is 0 Å². The second-order valence-corrected chi connectivity index (χ2v) is 10.9. The lowest BCUT2D eigenvalue weighted by molar-refractivity contribution is -0.0293. The molecule has 2 unspecified atom stereocenters. The molecular formula is C28H40N2O6. The summed E-state index contributed by atoms with van der Waals surface area (Å²) in [7, 11) is 0. The molecule has 4 atom stereocenters. The molecule has 2 aromatic rings. The van der Waals surface area contributed by atoms with Crippen LogP contribution in [0.2, 0.25) is 0 Å². The summed E-state index contributed by atoms with van der Waals surface area (Å²) >= 11 is 0. The van der Waals surface area contributed by atoms with E-state index in [-0.39, 0.29) is 12.8 Å². The molecule has 2 rings (SSSR count). The van der Waals surface area contributed by atoms with Crippen molar-refractivity contribution in [3.8, 4) is 0 Å². The molecule has 198 valence electrons. The van der Waals surface area contributed by atoms with Gasteiger partial charge >= 0.3 is 12.2 Å². The van der Waals surface area contributed by atoms with Crippen LogP contribution in [-0.4, -0.2) is 57.9 Å². The second-order valence-electron chi connectivity index (χ2n) is 10.9. The number of hydrogen-bond donors (Lipinski definition) is 4. The SMILES string of the molecule is CC(C)(C)OC(=O)N[C@@H](Cc1ccccc1)C(O)C(O)[C@H](Cc1ccccc1)NC(=O)OC(C)(C)C. The van der Waals surface area contributed by atoms with Crippen LogP contribution in [0.4, 0.5) is 9.59 Å². The van der Waals surface area contributed by atoms with E-state index in [0.717, 1.165) is 11.1 Å². The van der Waals surface area contributed by atoms with Crippen molar-refractivity contribution < 1.29 is 29.3 Å². The van der Waals surface area contributed by atoms with E-state index < -0.39 is 47.7 Å². The van der Waals surface area contributed by atoms with Gasteiger partial charge in [-0.3, -0.25) is 0 Å². The monoisotopic (exact) mass is 500 g/mol. The average Bonchev–Trinajstić information content (AvgIpc) is 2.76. The minimum absolute atomic E-state index is 0.239. The van der Waals surface area contributed by atoms with Gasteiger partial charge in [0.05, 0.1) is 12.1 Å². The molecule has 0 aliphatic rings. The van der Waals surface area contributed by atoms with Gasteiger partial charge in [0.2, 0.25) is 0 Å². The summed E-state index contributed by atoms with van der Waals surface area (Å²) < 4.78 is 10.8. The minimum atomic E-state index is -1.43. The Morgan fingerprint density at radius 2 is 0.972 bits per heavy atom. The number of ether oxygens (including phenoxy) is 2. The molecule has 8 nitrogen and oxygen atoms in total. The van der Waals surface area contributed by atoms with Crippen LogP contribution in [0.15, 0.2) is 60.7 Å². The molecule has 0 spiro atoms. The summed E-state index contributed by atoms with van der Waals surface area (Å²) in [4.78, 5) is 25.1. The van der Waals surface area contributed by atoms with E-state index in [0.29, 0.717) is 0 Å². The quantitative estimate of drug-likeness (QED) is 0.414. The van der Waals surface area contributed by atoms with Gasteiger partial charge in [-0.05, 0) is 65.5 Å². The summed E-state index contributed by atoms with van der Waals surface area (Å²) in [6.45, 7) is 10.4. The van der Waals surface area contributed by atoms with Crippen LogP contribution in [0, 0.1) is 0 Å². The van der Waals surface area contributed by atoms with Gasteiger partial charge in [-0.15, -0.1) is 0 Å². The van der Waals surface area contributed by atoms with Crippen LogP contribution >= 0.6 is 0 Å². The minimum Gasteiger partial charge on any atom is -0.444 e. The first-order valence-electron chi connectivity index (χ1n) is 12.2. The number of nitrogens with one attached hydrogen (secondary N) is 2. The Balaban J connectivity index is 2.29. The van der Waals surface area contributed by atoms with Gasteiger partial charge in [0, 0.05) is 0 Å². The highest BCUT2D eigenvalue weighted by Gasteiger charge is 2.36. The molecule has 0 aliphatic carbocycles. The summed E-state index contributed by atoms with van der Waals surface area (Å²) in [5, 5.41) is 27.9. The van der Waals surface area contributed by atoms with Crippen molar-refractivity contribution in [2.24, 2.45) is 0 Å². The molecule has 0 fully saturated rings. The summed E-state index contributed by atoms with van der Waals surface area (Å²) in [5.74, 6) is 0. The fourth-order valence-corrected chi connectivity index (χ4v) is 3.64. The summed E-state index contributed by atoms with van der Waals surface area (Å²) in [6, 6.07) is 16.8. The third-order valence-corrected chi connectivity index (χ3v) is 5.18. The zero-order valence-corrected chi connectivity index (χ0v) is 22.0. The fourth-order valence-electron chi connectivity index (χ4n) is 3.64. The smallest absolute Gasteiger partial charge is 0.407 e. The van der Waals surface area contributed by atoms with Gasteiger partial charge < -0.3 is 30.3 Å². The second kappa shape index (κ2) is 12.7. The molecule has 2 amide bonds. The number of hydrogen-bond acceptors (Lipinski definition) is 6. The molecule has 0 bridgehead atoms. The van der Waals surface area contributed by atoms with Crippen molar-refractivity contribution in [1.29, 1.82) is 0 Å². The number of carbonyl (C=O) groups is 2. The van der Waals surface area contributed by atoms with Gasteiger partial charge in [0.15, 0.2) is 0 Å². The third-order valence-electron chi connectivity index (χ3n) is 5.18. The van der Waals surface area contributed by atoms with Gasteiger partial charge in [-0.1, -0.05) is 60.7 Å². The Bertz CT molecular complexity index is 874. The number of alkyl carbamates (subject to hydrolysis) is 2. The normalized spacial score (nSPS) is 15.2. The van der Waals surface area contributed by atoms with Gasteiger partial charge in [0.25, 0.3) is 0 Å². The lowest BCUT2D eigenvalue weighted by Gasteiger charge is -2.34. The Morgan fingerprint density at radius 1 is 0.667 bits per heavy atom. The van der Waals surface area contributed by atoms with Crippen LogP contribution in [0.1, 0.15) is 52.7 Å². The van der Waals surface area contributed by atoms with E-state index in [9.17, 15) is 19.8 Å². The van der Waals surface area contributed by atoms with Gasteiger partial charge in [-0.2, -0.15) is 0 Å². The third kappa shape index (κ3) is 10.7. The highest BCUT2D eigenvalue weighted by atomic mass is 16.6. The van der Waals surface area contributed by atoms with Crippen molar-refractivity contribution in [3.05, 3.63) is 71.8 Å². The number of carbonyl (C=O) groups excluding carboxylic acids is 2. The molecule has 0 aromatic heterocycles. The maximum Gasteiger partial charge on any atom is 0.407 e. The number of amides is 2. The predicted molar refractivity (Wildman–Crippen MR) is 139 cm³/mol. The summed E-state index contributed by atoms with van der Waals surface area (Å²) in [5.41, 5.74) is 0.229. The van der Waals surface area contributed by atoms with E-state index in [2.05, 4.69) is 10.6 Å². The van der Waals surface area contributed by atoms with Crippen molar-refractivity contribution in [1.82, 2.24) is 10.6 Å². The molecule has 4 N–H and O–H groups in total. The molecule has 8 heteroatoms. The first kappa shape index (κ1) is 29.1. The van der Waals surface area contributed by atoms with Gasteiger partial charge in [-0.25, -0.2) is 9.59 Å². The summed E-state index contributed by atoms with van der Waals surface area (Å²) in [6.07, 6.45) is -3.81. The van der Waals surface area contributed by atoms with Crippen LogP contribution in [0.25, 0.3) is 0 Å². The van der Waals surface area contributed by atoms with Gasteiger partial charge in [0.1, 0.15) is 23.4 Å². The van der Waals surface area contributed by atoms with Crippen LogP contribution in [-0.2, 0) is 22.3 Å². The predicted octanol–water partition coefficient (Wildman–Crippen LogP) is 3.98. The van der Waals surface area contributed by atoms with Crippen molar-refractivity contribution in [2.45, 2.75) is 89.9 Å². The lowest BCUT2D eigenvalue weighted by atomic mass is 9.91. The molecule has 0 heterocycles. The van der Waals surface area contributed by atoms with E-state index >= 15 is 0 Å². The average molecular weight is 501 g/mol. The topological polar surface area (TPSA) is 117 Å². The first-order valence-corrected chi connectivity index (χ1v) is 12.2. The molecule has 0 saturated carbocycles. The number of benzene rings is 2. The van der Waals surface area contributed by atoms with Crippen LogP contribution in [0.5, 0.6) is 0 Å². The molecule has 36 heavy (non-hydrogen) atoms. The number of rotatable bonds is 9. The highest BCUT2D eigenvalue weighted by molar-refractivity contribution is 5.69. The lowest BCUT2D eigenvalue weighted by Crippen LogP contribution is -2.58. The molecule has 0 radical (unpaired) electrons. The Hall–Kier alpha value is -3.10. The van der Waals surface area contributed by atoms with Crippen LogP contribution < -0.4 is 10.6 Å². The fraction of sp³-hybridized carbons (Fsp3) is 0.500. The molecule has 2 aromatic carbocycles. The van der Waals surface area contributed by atoms with E-state index in [1.807, 2.05) is 60.7 Å². The van der Waals surface area contributed by atoms with E-state index in [1.165, 1.54) is 0 Å². The van der Waals surface area contributed by atoms with E-state index in [1.54, 1.807) is 41.5 Å². The standard InChI is InChI=1S/C28H40N2O6/c1-27(2,3)35-25(33)29-21(17-19-13-9-7-10-14-19)23(31)24(32)22(18-20-15-11-8-12-16-20)30-26(34)36-28(4,5)6/h7-16,21-24,31-32H,17-18H2,1-6H3,(H,29,33)(H,30,34)/t21-,22-,23?,24?/m0/s1. The zero-order valence-electron chi connectivity index (χ0n) is 22.0. The Labute approximate surface area is 214 Å². The van der Waals surface area contributed by atoms with Crippen molar-refractivity contribution >= 4 is 12.2 Å². The van der Waals surface area contributed by atoms with E-state index in [4.69, 9.17) is 9.47 Å². The molecule has 0 aliphatic heterocycles. The Morgan fingerprint density at radius 3 is 1.25 bits per heavy atom. The first-order chi connectivity index (χ1) is 16.7. The maximum atomic E-state index is 12.6. The zero-order chi connectivity index (χ0) is 26.9. The Kier molecular flexibility index (Phi) is 10.3.